The van der Waals surface area contributed by atoms with Crippen molar-refractivity contribution in [2.45, 2.75) is 34.6 Å². The van der Waals surface area contributed by atoms with E-state index in [-0.39, 0.29) is 26.7 Å². The third-order valence-electron chi connectivity index (χ3n) is 1.85. The molecule has 0 atom stereocenters. The highest BCUT2D eigenvalue weighted by Crippen LogP contribution is 2.09. The van der Waals surface area contributed by atoms with Crippen LogP contribution in [0.25, 0.3) is 0 Å². The molecule has 1 heterocycles. The van der Waals surface area contributed by atoms with Gasteiger partial charge in [-0.1, -0.05) is 14.9 Å². The zero-order valence-electron chi connectivity index (χ0n) is 6.83. The van der Waals surface area contributed by atoms with E-state index in [1.54, 1.807) is 7.05 Å². The van der Waals surface area contributed by atoms with Crippen LogP contribution in [0.4, 0.5) is 0 Å². The molecule has 78 valence electrons. The lowest BCUT2D eigenvalue weighted by Gasteiger charge is -2.34. The van der Waals surface area contributed by atoms with Gasteiger partial charge in [0.15, 0.2) is 0 Å². The lowest BCUT2D eigenvalue weighted by atomic mass is 10.2. The fraction of sp³-hybridized carbons (Fsp3) is 0.778. The minimum absolute atomic E-state index is 0. The van der Waals surface area contributed by atoms with Crippen molar-refractivity contribution in [1.82, 2.24) is 10.0 Å². The van der Waals surface area contributed by atoms with Crippen molar-refractivity contribution < 1.29 is 9.59 Å². The minimum Gasteiger partial charge on any atom is -0.273 e. The second-order valence-corrected chi connectivity index (χ2v) is 2.66. The zero-order valence-corrected chi connectivity index (χ0v) is 6.83. The number of hydrazine groups is 1. The Morgan fingerprint density at radius 3 is 2.31 bits per heavy atom. The van der Waals surface area contributed by atoms with Gasteiger partial charge >= 0.3 is 0 Å². The van der Waals surface area contributed by atoms with E-state index in [1.807, 2.05) is 0 Å². The van der Waals surface area contributed by atoms with Gasteiger partial charge in [-0.3, -0.25) is 19.6 Å². The summed E-state index contributed by atoms with van der Waals surface area (Å²) in [6, 6.07) is 0. The number of carbonyl (C=O) groups is 2. The van der Waals surface area contributed by atoms with Crippen molar-refractivity contribution in [2.75, 3.05) is 13.6 Å². The maximum Gasteiger partial charge on any atom is 0.240 e. The van der Waals surface area contributed by atoms with E-state index in [0.717, 1.165) is 6.42 Å². The summed E-state index contributed by atoms with van der Waals surface area (Å²) >= 11 is 0. The average molecular weight is 188 g/mol. The van der Waals surface area contributed by atoms with E-state index in [4.69, 9.17) is 0 Å². The Morgan fingerprint density at radius 1 is 1.38 bits per heavy atom. The van der Waals surface area contributed by atoms with E-state index in [2.05, 4.69) is 0 Å². The van der Waals surface area contributed by atoms with Gasteiger partial charge in [0.05, 0.1) is 0 Å². The second kappa shape index (κ2) is 5.56. The summed E-state index contributed by atoms with van der Waals surface area (Å²) in [4.78, 5) is 21.9. The van der Waals surface area contributed by atoms with Gasteiger partial charge < -0.3 is 0 Å². The van der Waals surface area contributed by atoms with Crippen LogP contribution in [0.2, 0.25) is 0 Å². The molecule has 1 aliphatic rings. The van der Waals surface area contributed by atoms with Crippen molar-refractivity contribution >= 4 is 11.8 Å². The van der Waals surface area contributed by atoms with Gasteiger partial charge in [-0.2, -0.15) is 0 Å². The fourth-order valence-electron chi connectivity index (χ4n) is 1.20. The molecule has 4 nitrogen and oxygen atoms in total. The van der Waals surface area contributed by atoms with E-state index in [9.17, 15) is 9.59 Å². The van der Waals surface area contributed by atoms with E-state index in [0.29, 0.717) is 13.0 Å². The molecule has 0 radical (unpaired) electrons. The normalized spacial score (nSPS) is 16.0. The van der Waals surface area contributed by atoms with Gasteiger partial charge in [0, 0.05) is 26.9 Å². The van der Waals surface area contributed by atoms with Crippen molar-refractivity contribution in [2.24, 2.45) is 0 Å². The number of hydrogen-bond donors (Lipinski definition) is 0. The highest BCUT2D eigenvalue weighted by molar-refractivity contribution is 5.81. The summed E-state index contributed by atoms with van der Waals surface area (Å²) in [5.74, 6) is -0.0491. The summed E-state index contributed by atoms with van der Waals surface area (Å²) in [5, 5.41) is 2.86. The molecule has 1 rings (SSSR count). The van der Waals surface area contributed by atoms with Crippen molar-refractivity contribution in [3.8, 4) is 0 Å². The number of nitrogens with zero attached hydrogens (tertiary/aromatic N) is 2. The van der Waals surface area contributed by atoms with Crippen LogP contribution in [-0.2, 0) is 9.59 Å². The van der Waals surface area contributed by atoms with Crippen molar-refractivity contribution in [1.29, 1.82) is 0 Å². The Kier molecular flexibility index (Phi) is 6.19. The van der Waals surface area contributed by atoms with E-state index in [1.165, 1.54) is 16.9 Å². The van der Waals surface area contributed by atoms with Gasteiger partial charge in [0.25, 0.3) is 0 Å². The first kappa shape index (κ1) is 14.5. The maximum absolute atomic E-state index is 11.0. The first-order chi connectivity index (χ1) is 5.13. The standard InChI is InChI=1S/C7H12N2O2.2CH4/c1-6(10)9-5-3-4-7(11)8(9)2;;/h3-5H2,1-2H3;2*1H4. The summed E-state index contributed by atoms with van der Waals surface area (Å²) in [7, 11) is 1.63. The molecule has 1 saturated heterocycles. The minimum atomic E-state index is -0.0689. The third-order valence-corrected chi connectivity index (χ3v) is 1.85. The number of hydrogen-bond acceptors (Lipinski definition) is 2. The monoisotopic (exact) mass is 188 g/mol. The molecule has 0 unspecified atom stereocenters. The second-order valence-electron chi connectivity index (χ2n) is 2.66. The molecule has 0 aromatic carbocycles. The molecule has 0 aromatic rings. The van der Waals surface area contributed by atoms with Crippen LogP contribution >= 0.6 is 0 Å². The molecule has 0 aliphatic carbocycles. The molecular weight excluding hydrogens is 168 g/mol. The number of rotatable bonds is 0. The Labute approximate surface area is 80.5 Å². The van der Waals surface area contributed by atoms with Crippen LogP contribution in [0.3, 0.4) is 0 Å². The first-order valence-corrected chi connectivity index (χ1v) is 3.67. The van der Waals surface area contributed by atoms with Gasteiger partial charge in [-0.05, 0) is 6.42 Å². The van der Waals surface area contributed by atoms with Crippen LogP contribution in [0.15, 0.2) is 0 Å². The molecule has 2 amide bonds. The molecule has 0 aromatic heterocycles. The van der Waals surface area contributed by atoms with Gasteiger partial charge in [0.2, 0.25) is 11.8 Å². The summed E-state index contributed by atoms with van der Waals surface area (Å²) in [6.07, 6.45) is 1.34. The quantitative estimate of drug-likeness (QED) is 0.574. The molecule has 1 aliphatic heterocycles. The summed E-state index contributed by atoms with van der Waals surface area (Å²) in [5.41, 5.74) is 0. The topological polar surface area (TPSA) is 40.6 Å². The van der Waals surface area contributed by atoms with Crippen molar-refractivity contribution in [3.05, 3.63) is 0 Å². The smallest absolute Gasteiger partial charge is 0.240 e. The van der Waals surface area contributed by atoms with Crippen molar-refractivity contribution in [3.63, 3.8) is 0 Å². The summed E-state index contributed by atoms with van der Waals surface area (Å²) in [6.45, 7) is 2.13. The van der Waals surface area contributed by atoms with Crippen LogP contribution in [0, 0.1) is 0 Å². The Hall–Kier alpha value is -1.06. The predicted octanol–water partition coefficient (Wildman–Crippen LogP) is 1.27. The average Bonchev–Trinajstić information content (AvgIpc) is 1.94. The highest BCUT2D eigenvalue weighted by Gasteiger charge is 2.23. The molecule has 0 N–H and O–H groups in total. The number of amides is 2. The third kappa shape index (κ3) is 3.05. The van der Waals surface area contributed by atoms with Crippen LogP contribution in [0.5, 0.6) is 0 Å². The molecule has 4 heteroatoms. The van der Waals surface area contributed by atoms with Crippen LogP contribution in [-0.4, -0.2) is 35.4 Å². The lowest BCUT2D eigenvalue weighted by Crippen LogP contribution is -2.50. The van der Waals surface area contributed by atoms with Crippen LogP contribution in [0.1, 0.15) is 34.6 Å². The SMILES string of the molecule is C.C.CC(=O)N1CCCC(=O)N1C. The largest absolute Gasteiger partial charge is 0.273 e. The molecule has 0 spiro atoms. The molecule has 0 saturated carbocycles. The van der Waals surface area contributed by atoms with E-state index >= 15 is 0 Å². The molecule has 1 fully saturated rings. The predicted molar refractivity (Wildman–Crippen MR) is 52.9 cm³/mol. The fourth-order valence-corrected chi connectivity index (χ4v) is 1.20. The van der Waals surface area contributed by atoms with Gasteiger partial charge in [0.1, 0.15) is 0 Å². The number of carbonyl (C=O) groups excluding carboxylic acids is 2. The molecule has 0 bridgehead atoms. The Balaban J connectivity index is 0. The van der Waals surface area contributed by atoms with Gasteiger partial charge in [-0.25, -0.2) is 0 Å². The van der Waals surface area contributed by atoms with Gasteiger partial charge in [-0.15, -0.1) is 0 Å². The Bertz CT molecular complexity index is 192. The maximum atomic E-state index is 11.0. The van der Waals surface area contributed by atoms with E-state index < -0.39 is 0 Å². The van der Waals surface area contributed by atoms with Crippen LogP contribution < -0.4 is 0 Å². The highest BCUT2D eigenvalue weighted by atomic mass is 16.2. The first-order valence-electron chi connectivity index (χ1n) is 3.67. The molecule has 13 heavy (non-hydrogen) atoms. The summed E-state index contributed by atoms with van der Waals surface area (Å²) < 4.78 is 0. The zero-order chi connectivity index (χ0) is 8.43. The lowest BCUT2D eigenvalue weighted by molar-refractivity contribution is -0.164. The Morgan fingerprint density at radius 2 is 1.92 bits per heavy atom. The molecular formula is C9H20N2O2.